The third kappa shape index (κ3) is 4.11. The SMILES string of the molecule is CC(NC(=O)c1cc(Br)cc(Br)c1)c1ccc(F)c(F)c1. The van der Waals surface area contributed by atoms with Crippen LogP contribution < -0.4 is 5.32 Å². The van der Waals surface area contributed by atoms with Crippen molar-refractivity contribution in [3.8, 4) is 0 Å². The second kappa shape index (κ2) is 6.66. The van der Waals surface area contributed by atoms with Crippen molar-refractivity contribution in [1.82, 2.24) is 5.32 Å². The summed E-state index contributed by atoms with van der Waals surface area (Å²) in [6.45, 7) is 1.71. The zero-order valence-electron chi connectivity index (χ0n) is 11.0. The van der Waals surface area contributed by atoms with Crippen LogP contribution in [0.5, 0.6) is 0 Å². The van der Waals surface area contributed by atoms with E-state index in [0.29, 0.717) is 11.1 Å². The molecule has 2 aromatic carbocycles. The Kier molecular flexibility index (Phi) is 5.11. The van der Waals surface area contributed by atoms with Crippen LogP contribution in [0.25, 0.3) is 0 Å². The van der Waals surface area contributed by atoms with Crippen molar-refractivity contribution < 1.29 is 13.6 Å². The molecule has 0 aliphatic heterocycles. The predicted octanol–water partition coefficient (Wildman–Crippen LogP) is 4.98. The molecular weight excluding hydrogens is 408 g/mol. The Morgan fingerprint density at radius 2 is 1.67 bits per heavy atom. The van der Waals surface area contributed by atoms with E-state index in [1.165, 1.54) is 6.07 Å². The fourth-order valence-corrected chi connectivity index (χ4v) is 3.12. The first-order valence-electron chi connectivity index (χ1n) is 6.08. The Labute approximate surface area is 137 Å². The molecule has 0 saturated heterocycles. The summed E-state index contributed by atoms with van der Waals surface area (Å²) in [6, 6.07) is 8.30. The highest BCUT2D eigenvalue weighted by Gasteiger charge is 2.14. The molecule has 0 fully saturated rings. The summed E-state index contributed by atoms with van der Waals surface area (Å²) < 4.78 is 27.6. The van der Waals surface area contributed by atoms with Gasteiger partial charge in [-0.25, -0.2) is 8.78 Å². The van der Waals surface area contributed by atoms with E-state index in [4.69, 9.17) is 0 Å². The lowest BCUT2D eigenvalue weighted by molar-refractivity contribution is 0.0939. The van der Waals surface area contributed by atoms with Crippen LogP contribution in [0.3, 0.4) is 0 Å². The lowest BCUT2D eigenvalue weighted by Gasteiger charge is -2.15. The number of rotatable bonds is 3. The number of hydrogen-bond acceptors (Lipinski definition) is 1. The summed E-state index contributed by atoms with van der Waals surface area (Å²) in [5, 5.41) is 2.74. The van der Waals surface area contributed by atoms with E-state index >= 15 is 0 Å². The van der Waals surface area contributed by atoms with Crippen molar-refractivity contribution in [1.29, 1.82) is 0 Å². The number of carbonyl (C=O) groups excluding carboxylic acids is 1. The highest BCUT2D eigenvalue weighted by molar-refractivity contribution is 9.11. The van der Waals surface area contributed by atoms with Crippen molar-refractivity contribution in [3.63, 3.8) is 0 Å². The minimum absolute atomic E-state index is 0.297. The average Bonchev–Trinajstić information content (AvgIpc) is 2.40. The molecule has 1 amide bonds. The van der Waals surface area contributed by atoms with Crippen molar-refractivity contribution in [2.45, 2.75) is 13.0 Å². The molecule has 6 heteroatoms. The van der Waals surface area contributed by atoms with Gasteiger partial charge in [-0.15, -0.1) is 0 Å². The Morgan fingerprint density at radius 1 is 1.05 bits per heavy atom. The molecule has 110 valence electrons. The van der Waals surface area contributed by atoms with Crippen LogP contribution in [0.2, 0.25) is 0 Å². The zero-order valence-corrected chi connectivity index (χ0v) is 14.1. The maximum atomic E-state index is 13.2. The van der Waals surface area contributed by atoms with Crippen molar-refractivity contribution in [3.05, 3.63) is 68.1 Å². The van der Waals surface area contributed by atoms with Gasteiger partial charge in [0.15, 0.2) is 11.6 Å². The number of benzene rings is 2. The van der Waals surface area contributed by atoms with Gasteiger partial charge in [-0.05, 0) is 42.8 Å². The maximum Gasteiger partial charge on any atom is 0.251 e. The molecule has 2 aromatic rings. The molecule has 0 spiro atoms. The summed E-state index contributed by atoms with van der Waals surface area (Å²) >= 11 is 6.62. The summed E-state index contributed by atoms with van der Waals surface area (Å²) in [5.41, 5.74) is 0.960. The number of halogens is 4. The molecule has 0 aliphatic rings. The molecule has 0 aromatic heterocycles. The van der Waals surface area contributed by atoms with Gasteiger partial charge in [-0.2, -0.15) is 0 Å². The second-order valence-corrected chi connectivity index (χ2v) is 6.36. The van der Waals surface area contributed by atoms with Gasteiger partial charge in [-0.1, -0.05) is 37.9 Å². The monoisotopic (exact) mass is 417 g/mol. The van der Waals surface area contributed by atoms with Crippen LogP contribution in [0, 0.1) is 11.6 Å². The van der Waals surface area contributed by atoms with Gasteiger partial charge in [0.2, 0.25) is 0 Å². The molecule has 2 nitrogen and oxygen atoms in total. The molecule has 1 atom stereocenters. The van der Waals surface area contributed by atoms with Gasteiger partial charge in [0, 0.05) is 14.5 Å². The highest BCUT2D eigenvalue weighted by atomic mass is 79.9. The van der Waals surface area contributed by atoms with E-state index in [2.05, 4.69) is 37.2 Å². The predicted molar refractivity (Wildman–Crippen MR) is 84.1 cm³/mol. The topological polar surface area (TPSA) is 29.1 Å². The van der Waals surface area contributed by atoms with Gasteiger partial charge >= 0.3 is 0 Å². The number of hydrogen-bond donors (Lipinski definition) is 1. The quantitative estimate of drug-likeness (QED) is 0.748. The van der Waals surface area contributed by atoms with Gasteiger partial charge < -0.3 is 5.32 Å². The Hall–Kier alpha value is -1.27. The lowest BCUT2D eigenvalue weighted by atomic mass is 10.1. The van der Waals surface area contributed by atoms with Crippen molar-refractivity contribution in [2.24, 2.45) is 0 Å². The van der Waals surface area contributed by atoms with Gasteiger partial charge in [0.1, 0.15) is 0 Å². The van der Waals surface area contributed by atoms with Crippen molar-refractivity contribution in [2.75, 3.05) is 0 Å². The standard InChI is InChI=1S/C15H11Br2F2NO/c1-8(9-2-3-13(18)14(19)6-9)20-15(21)10-4-11(16)7-12(17)5-10/h2-8H,1H3,(H,20,21). The molecule has 1 N–H and O–H groups in total. The summed E-state index contributed by atoms with van der Waals surface area (Å²) in [7, 11) is 0. The second-order valence-electron chi connectivity index (χ2n) is 4.53. The first-order chi connectivity index (χ1) is 9.86. The normalized spacial score (nSPS) is 12.0. The lowest BCUT2D eigenvalue weighted by Crippen LogP contribution is -2.26. The first kappa shape index (κ1) is 16.1. The third-order valence-electron chi connectivity index (χ3n) is 2.92. The van der Waals surface area contributed by atoms with Gasteiger partial charge in [0.25, 0.3) is 5.91 Å². The van der Waals surface area contributed by atoms with Crippen LogP contribution in [-0.2, 0) is 0 Å². The number of amides is 1. The van der Waals surface area contributed by atoms with Crippen LogP contribution in [-0.4, -0.2) is 5.91 Å². The fraction of sp³-hybridized carbons (Fsp3) is 0.133. The molecule has 21 heavy (non-hydrogen) atoms. The molecule has 0 bridgehead atoms. The zero-order chi connectivity index (χ0) is 15.6. The number of nitrogens with one attached hydrogen (secondary N) is 1. The van der Waals surface area contributed by atoms with Crippen LogP contribution in [0.4, 0.5) is 8.78 Å². The molecule has 0 heterocycles. The number of carbonyl (C=O) groups is 1. The maximum absolute atomic E-state index is 13.2. The molecule has 1 unspecified atom stereocenters. The van der Waals surface area contributed by atoms with Crippen molar-refractivity contribution >= 4 is 37.8 Å². The van der Waals surface area contributed by atoms with E-state index in [1.807, 2.05) is 6.07 Å². The van der Waals surface area contributed by atoms with Crippen LogP contribution >= 0.6 is 31.9 Å². The van der Waals surface area contributed by atoms with Gasteiger partial charge in [-0.3, -0.25) is 4.79 Å². The third-order valence-corrected chi connectivity index (χ3v) is 3.83. The van der Waals surface area contributed by atoms with Crippen LogP contribution in [0.15, 0.2) is 45.3 Å². The van der Waals surface area contributed by atoms with E-state index in [9.17, 15) is 13.6 Å². The molecule has 0 aliphatic carbocycles. The molecular formula is C15H11Br2F2NO. The Morgan fingerprint density at radius 3 is 2.24 bits per heavy atom. The minimum Gasteiger partial charge on any atom is -0.346 e. The largest absolute Gasteiger partial charge is 0.346 e. The summed E-state index contributed by atoms with van der Waals surface area (Å²) in [6.07, 6.45) is 0. The van der Waals surface area contributed by atoms with E-state index in [1.54, 1.807) is 19.1 Å². The summed E-state index contributed by atoms with van der Waals surface area (Å²) in [5.74, 6) is -2.14. The average molecular weight is 419 g/mol. The fourth-order valence-electron chi connectivity index (χ4n) is 1.83. The Bertz CT molecular complexity index is 671. The molecule has 2 rings (SSSR count). The van der Waals surface area contributed by atoms with E-state index in [0.717, 1.165) is 21.1 Å². The molecule has 0 radical (unpaired) electrons. The smallest absolute Gasteiger partial charge is 0.251 e. The van der Waals surface area contributed by atoms with E-state index < -0.39 is 17.7 Å². The Balaban J connectivity index is 2.16. The highest BCUT2D eigenvalue weighted by Crippen LogP contribution is 2.21. The van der Waals surface area contributed by atoms with Crippen LogP contribution in [0.1, 0.15) is 28.9 Å². The molecule has 0 saturated carbocycles. The van der Waals surface area contributed by atoms with Gasteiger partial charge in [0.05, 0.1) is 6.04 Å². The van der Waals surface area contributed by atoms with E-state index in [-0.39, 0.29) is 5.91 Å². The summed E-state index contributed by atoms with van der Waals surface area (Å²) in [4.78, 5) is 12.2. The first-order valence-corrected chi connectivity index (χ1v) is 7.67. The minimum atomic E-state index is -0.932.